The number of Topliss-reactive ketones (excluding diaryl/α,β-unsaturated/α-hetero) is 1. The molecule has 1 rings (SSSR count). The molecular weight excluding hydrogens is 226 g/mol. The molecule has 0 bridgehead atoms. The van der Waals surface area contributed by atoms with Crippen molar-refractivity contribution < 1.29 is 14.3 Å². The molecule has 0 N–H and O–H groups in total. The summed E-state index contributed by atoms with van der Waals surface area (Å²) < 4.78 is 2.83. The minimum absolute atomic E-state index is 0.647. The molecule has 3 nitrogen and oxygen atoms in total. The molecular formula is C6H5Cl3O3. The Hall–Kier alpha value is 0.01000. The van der Waals surface area contributed by atoms with E-state index in [1.807, 2.05) is 0 Å². The van der Waals surface area contributed by atoms with Crippen molar-refractivity contribution in [1.29, 1.82) is 0 Å². The minimum Gasteiger partial charge on any atom is -0.451 e. The molecule has 0 aromatic heterocycles. The normalized spacial score (nSPS) is 30.7. The molecule has 6 heteroatoms. The zero-order valence-corrected chi connectivity index (χ0v) is 8.28. The van der Waals surface area contributed by atoms with Gasteiger partial charge in [-0.2, -0.15) is 0 Å². The molecule has 0 aromatic carbocycles. The number of rotatable bonds is 0. The molecule has 0 spiro atoms. The molecule has 2 atom stereocenters. The first kappa shape index (κ1) is 10.1. The highest BCUT2D eigenvalue weighted by Crippen LogP contribution is 2.39. The van der Waals surface area contributed by atoms with Gasteiger partial charge >= 0.3 is 5.97 Å². The first-order chi connectivity index (χ1) is 5.34. The van der Waals surface area contributed by atoms with E-state index in [1.54, 1.807) is 0 Å². The van der Waals surface area contributed by atoms with Gasteiger partial charge in [-0.25, -0.2) is 4.79 Å². The molecule has 0 radical (unpaired) electrons. The van der Waals surface area contributed by atoms with Crippen LogP contribution in [0.4, 0.5) is 0 Å². The Balaban J connectivity index is 2.85. The fraction of sp³-hybridized carbons (Fsp3) is 0.667. The van der Waals surface area contributed by atoms with E-state index in [2.05, 4.69) is 4.74 Å². The summed E-state index contributed by atoms with van der Waals surface area (Å²) in [7, 11) is 0. The van der Waals surface area contributed by atoms with Crippen LogP contribution in [-0.2, 0) is 14.3 Å². The number of ether oxygens (including phenoxy) is 1. The number of halogens is 3. The average Bonchev–Trinajstić information content (AvgIpc) is 2.15. The van der Waals surface area contributed by atoms with E-state index in [1.165, 1.54) is 6.92 Å². The van der Waals surface area contributed by atoms with E-state index >= 15 is 0 Å². The highest BCUT2D eigenvalue weighted by atomic mass is 35.6. The predicted octanol–water partition coefficient (Wildman–Crippen LogP) is 1.49. The second-order valence-electron chi connectivity index (χ2n) is 2.52. The number of alkyl halides is 3. The number of carbonyl (C=O) groups is 2. The Labute approximate surface area is 83.9 Å². The molecule has 1 saturated heterocycles. The van der Waals surface area contributed by atoms with E-state index in [4.69, 9.17) is 34.8 Å². The fourth-order valence-electron chi connectivity index (χ4n) is 0.949. The third-order valence-electron chi connectivity index (χ3n) is 1.63. The maximum absolute atomic E-state index is 10.9. The van der Waals surface area contributed by atoms with Crippen LogP contribution in [0, 0.1) is 5.92 Å². The number of hydrogen-bond donors (Lipinski definition) is 0. The van der Waals surface area contributed by atoms with Crippen molar-refractivity contribution in [3.63, 3.8) is 0 Å². The van der Waals surface area contributed by atoms with Crippen LogP contribution in [0.3, 0.4) is 0 Å². The zero-order chi connectivity index (χ0) is 9.52. The molecule has 1 heterocycles. The number of hydrogen-bond acceptors (Lipinski definition) is 3. The van der Waals surface area contributed by atoms with Crippen LogP contribution < -0.4 is 0 Å². The summed E-state index contributed by atoms with van der Waals surface area (Å²) >= 11 is 16.4. The first-order valence-corrected chi connectivity index (χ1v) is 4.29. The topological polar surface area (TPSA) is 43.4 Å². The second-order valence-corrected chi connectivity index (χ2v) is 4.89. The molecule has 1 aliphatic heterocycles. The van der Waals surface area contributed by atoms with E-state index in [0.717, 1.165) is 0 Å². The number of cyclic esters (lactones) is 1. The molecule has 1 fully saturated rings. The van der Waals surface area contributed by atoms with Gasteiger partial charge in [0.25, 0.3) is 0 Å². The van der Waals surface area contributed by atoms with Gasteiger partial charge in [0.1, 0.15) is 0 Å². The van der Waals surface area contributed by atoms with E-state index < -0.39 is 27.6 Å². The largest absolute Gasteiger partial charge is 0.451 e. The van der Waals surface area contributed by atoms with Crippen molar-refractivity contribution in [2.45, 2.75) is 16.8 Å². The predicted molar refractivity (Wildman–Crippen MR) is 44.3 cm³/mol. The highest BCUT2D eigenvalue weighted by Gasteiger charge is 2.50. The quantitative estimate of drug-likeness (QED) is 0.360. The van der Waals surface area contributed by atoms with Crippen molar-refractivity contribution in [1.82, 2.24) is 0 Å². The van der Waals surface area contributed by atoms with E-state index in [9.17, 15) is 9.59 Å². The second kappa shape index (κ2) is 3.05. The van der Waals surface area contributed by atoms with Crippen molar-refractivity contribution in [2.24, 2.45) is 5.92 Å². The number of esters is 1. The molecule has 0 aliphatic carbocycles. The minimum atomic E-state index is -1.73. The molecule has 1 aliphatic rings. The summed E-state index contributed by atoms with van der Waals surface area (Å²) in [5.41, 5.74) is 0. The van der Waals surface area contributed by atoms with Crippen LogP contribution in [-0.4, -0.2) is 21.6 Å². The lowest BCUT2D eigenvalue weighted by Crippen LogP contribution is -2.31. The van der Waals surface area contributed by atoms with Crippen LogP contribution in [0.25, 0.3) is 0 Å². The van der Waals surface area contributed by atoms with Gasteiger partial charge in [-0.15, -0.1) is 0 Å². The Kier molecular flexibility index (Phi) is 2.57. The first-order valence-electron chi connectivity index (χ1n) is 3.15. The Bertz CT molecular complexity index is 233. The maximum Gasteiger partial charge on any atom is 0.375 e. The Morgan fingerprint density at radius 1 is 1.33 bits per heavy atom. The van der Waals surface area contributed by atoms with Crippen molar-refractivity contribution in [3.05, 3.63) is 0 Å². The standard InChI is InChI=1S/C6H5Cl3O3/c1-2-3(10)5(11)12-4(2)6(7,8)9/h2,4H,1H3/t2-,4+/m1/s1. The van der Waals surface area contributed by atoms with Gasteiger partial charge in [0.15, 0.2) is 6.10 Å². The fourth-order valence-corrected chi connectivity index (χ4v) is 1.65. The molecule has 68 valence electrons. The van der Waals surface area contributed by atoms with Gasteiger partial charge in [-0.3, -0.25) is 4.79 Å². The summed E-state index contributed by atoms with van der Waals surface area (Å²) in [5, 5.41) is 0. The zero-order valence-electron chi connectivity index (χ0n) is 6.01. The third kappa shape index (κ3) is 1.68. The summed E-state index contributed by atoms with van der Waals surface area (Å²) in [4.78, 5) is 21.6. The van der Waals surface area contributed by atoms with Gasteiger partial charge in [0.2, 0.25) is 9.58 Å². The summed E-state index contributed by atoms with van der Waals surface area (Å²) in [5.74, 6) is -2.27. The Morgan fingerprint density at radius 2 is 1.83 bits per heavy atom. The highest BCUT2D eigenvalue weighted by molar-refractivity contribution is 6.68. The van der Waals surface area contributed by atoms with Crippen LogP contribution in [0.2, 0.25) is 0 Å². The van der Waals surface area contributed by atoms with Crippen LogP contribution in [0.15, 0.2) is 0 Å². The average molecular weight is 231 g/mol. The van der Waals surface area contributed by atoms with Crippen molar-refractivity contribution in [3.8, 4) is 0 Å². The summed E-state index contributed by atoms with van der Waals surface area (Å²) in [6.45, 7) is 1.49. The van der Waals surface area contributed by atoms with Gasteiger partial charge in [0, 0.05) is 0 Å². The van der Waals surface area contributed by atoms with Crippen molar-refractivity contribution >= 4 is 46.6 Å². The smallest absolute Gasteiger partial charge is 0.375 e. The summed E-state index contributed by atoms with van der Waals surface area (Å²) in [6.07, 6.45) is -0.970. The van der Waals surface area contributed by atoms with Gasteiger partial charge in [0.05, 0.1) is 5.92 Å². The molecule has 0 unspecified atom stereocenters. The van der Waals surface area contributed by atoms with Crippen LogP contribution in [0.5, 0.6) is 0 Å². The lowest BCUT2D eigenvalue weighted by atomic mass is 10.0. The number of carbonyl (C=O) groups excluding carboxylic acids is 2. The van der Waals surface area contributed by atoms with Crippen LogP contribution in [0.1, 0.15) is 6.92 Å². The molecule has 0 aromatic rings. The number of ketones is 1. The molecule has 12 heavy (non-hydrogen) atoms. The van der Waals surface area contributed by atoms with Gasteiger partial charge in [-0.05, 0) is 0 Å². The Morgan fingerprint density at radius 3 is 2.00 bits per heavy atom. The lowest BCUT2D eigenvalue weighted by Gasteiger charge is -2.20. The molecule has 0 amide bonds. The lowest BCUT2D eigenvalue weighted by molar-refractivity contribution is -0.148. The maximum atomic E-state index is 10.9. The SMILES string of the molecule is C[C@@H]1C(=O)C(=O)O[C@@H]1C(Cl)(Cl)Cl. The van der Waals surface area contributed by atoms with E-state index in [0.29, 0.717) is 0 Å². The molecule has 0 saturated carbocycles. The summed E-state index contributed by atoms with van der Waals surface area (Å²) in [6, 6.07) is 0. The van der Waals surface area contributed by atoms with E-state index in [-0.39, 0.29) is 0 Å². The van der Waals surface area contributed by atoms with Crippen LogP contribution >= 0.6 is 34.8 Å². The third-order valence-corrected chi connectivity index (χ3v) is 2.27. The monoisotopic (exact) mass is 230 g/mol. The van der Waals surface area contributed by atoms with Gasteiger partial charge < -0.3 is 4.74 Å². The van der Waals surface area contributed by atoms with Crippen molar-refractivity contribution in [2.75, 3.05) is 0 Å². The van der Waals surface area contributed by atoms with Gasteiger partial charge in [-0.1, -0.05) is 41.7 Å².